The molecule has 0 bridgehead atoms. The number of ether oxygens (including phenoxy) is 1. The zero-order valence-corrected chi connectivity index (χ0v) is 14.9. The quantitative estimate of drug-likeness (QED) is 0.327. The van der Waals surface area contributed by atoms with Gasteiger partial charge in [-0.25, -0.2) is 32.6 Å². The Morgan fingerprint density at radius 1 is 1.28 bits per heavy atom. The minimum atomic E-state index is -3.74. The topological polar surface area (TPSA) is 175 Å². The van der Waals surface area contributed by atoms with Gasteiger partial charge in [-0.1, -0.05) is 0 Å². The number of aliphatic hydroxyl groups excluding tert-OH is 1. The van der Waals surface area contributed by atoms with Gasteiger partial charge in [0.25, 0.3) is 0 Å². The van der Waals surface area contributed by atoms with Gasteiger partial charge in [0.15, 0.2) is 9.84 Å². The zero-order valence-electron chi connectivity index (χ0n) is 14.1. The largest absolute Gasteiger partial charge is 0.454 e. The van der Waals surface area contributed by atoms with E-state index in [1.54, 1.807) is 20.8 Å². The Balaban J connectivity index is 2.77. The lowest BCUT2D eigenvalue weighted by Crippen LogP contribution is -2.66. The molecule has 144 valence electrons. The Bertz CT molecular complexity index is 643. The molecular weight excluding hydrogens is 362 g/mol. The van der Waals surface area contributed by atoms with Gasteiger partial charge < -0.3 is 20.9 Å². The number of nitrogens with one attached hydrogen (secondary N) is 1. The van der Waals surface area contributed by atoms with Crippen molar-refractivity contribution in [1.29, 1.82) is 0 Å². The van der Waals surface area contributed by atoms with Crippen LogP contribution in [0.1, 0.15) is 27.2 Å². The van der Waals surface area contributed by atoms with Crippen LogP contribution in [0, 0.1) is 0 Å². The summed E-state index contributed by atoms with van der Waals surface area (Å²) in [5.41, 5.74) is 4.09. The summed E-state index contributed by atoms with van der Waals surface area (Å²) in [7, 11) is -3.74. The molecule has 3 amide bonds. The van der Waals surface area contributed by atoms with E-state index in [1.165, 1.54) is 0 Å². The van der Waals surface area contributed by atoms with E-state index < -0.39 is 51.4 Å². The standard InChI is InChI=1S/C12H21N3O9S/c1-12(2,3)14-10(18)23-24-11(19)15-6(8(16)22-9(13)17)5-7(15)25(4,20)21/h6-8,16H,5H2,1-4H3,(H2,13,17)(H,14,18)/t6-,7-,8-/m0/s1. The molecule has 3 atom stereocenters. The molecule has 0 unspecified atom stereocenters. The summed E-state index contributed by atoms with van der Waals surface area (Å²) in [5, 5.41) is 10.7. The van der Waals surface area contributed by atoms with Crippen molar-refractivity contribution in [1.82, 2.24) is 10.2 Å². The summed E-state index contributed by atoms with van der Waals surface area (Å²) >= 11 is 0. The maximum Gasteiger partial charge on any atom is 0.454 e. The van der Waals surface area contributed by atoms with Crippen LogP contribution in [-0.4, -0.2) is 66.2 Å². The summed E-state index contributed by atoms with van der Waals surface area (Å²) in [6.07, 6.45) is -4.99. The second-order valence-electron chi connectivity index (χ2n) is 6.42. The minimum absolute atomic E-state index is 0.226. The van der Waals surface area contributed by atoms with Gasteiger partial charge in [0, 0.05) is 18.2 Å². The van der Waals surface area contributed by atoms with Gasteiger partial charge in [-0.05, 0) is 20.8 Å². The van der Waals surface area contributed by atoms with Gasteiger partial charge in [0.1, 0.15) is 11.4 Å². The Morgan fingerprint density at radius 3 is 2.28 bits per heavy atom. The number of amides is 3. The van der Waals surface area contributed by atoms with E-state index in [9.17, 15) is 27.9 Å². The van der Waals surface area contributed by atoms with E-state index >= 15 is 0 Å². The van der Waals surface area contributed by atoms with E-state index in [2.05, 4.69) is 19.8 Å². The molecule has 0 saturated carbocycles. The molecule has 1 rings (SSSR count). The van der Waals surface area contributed by atoms with Crippen LogP contribution in [0.2, 0.25) is 0 Å². The molecule has 4 N–H and O–H groups in total. The van der Waals surface area contributed by atoms with Crippen LogP contribution in [0.4, 0.5) is 14.4 Å². The number of hydrogen-bond donors (Lipinski definition) is 3. The highest BCUT2D eigenvalue weighted by Crippen LogP contribution is 2.32. The van der Waals surface area contributed by atoms with Crippen molar-refractivity contribution >= 4 is 28.1 Å². The third-order valence-corrected chi connectivity index (χ3v) is 4.46. The maximum absolute atomic E-state index is 12.0. The van der Waals surface area contributed by atoms with Crippen molar-refractivity contribution in [2.75, 3.05) is 6.26 Å². The monoisotopic (exact) mass is 383 g/mol. The predicted molar refractivity (Wildman–Crippen MR) is 81.4 cm³/mol. The van der Waals surface area contributed by atoms with Crippen molar-refractivity contribution in [2.24, 2.45) is 5.73 Å². The molecule has 1 fully saturated rings. The normalized spacial score (nSPS) is 21.6. The first kappa shape index (κ1) is 20.8. The lowest BCUT2D eigenvalue weighted by molar-refractivity contribution is -0.208. The molecule has 13 heteroatoms. The lowest BCUT2D eigenvalue weighted by atomic mass is 10.0. The number of likely N-dealkylation sites (tertiary alicyclic amines) is 1. The first-order valence-corrected chi connectivity index (χ1v) is 9.00. The van der Waals surface area contributed by atoms with Crippen molar-refractivity contribution in [3.63, 3.8) is 0 Å². The fraction of sp³-hybridized carbons (Fsp3) is 0.750. The average molecular weight is 383 g/mol. The summed E-state index contributed by atoms with van der Waals surface area (Å²) in [6, 6.07) is -1.23. The van der Waals surface area contributed by atoms with Gasteiger partial charge in [-0.15, -0.1) is 0 Å². The fourth-order valence-electron chi connectivity index (χ4n) is 2.04. The highest BCUT2D eigenvalue weighted by molar-refractivity contribution is 7.91. The smallest absolute Gasteiger partial charge is 0.418 e. The Labute approximate surface area is 144 Å². The van der Waals surface area contributed by atoms with Crippen LogP contribution < -0.4 is 11.1 Å². The van der Waals surface area contributed by atoms with Crippen molar-refractivity contribution in [2.45, 2.75) is 50.4 Å². The Morgan fingerprint density at radius 2 is 1.84 bits per heavy atom. The molecule has 25 heavy (non-hydrogen) atoms. The molecule has 1 aliphatic heterocycles. The maximum atomic E-state index is 12.0. The van der Waals surface area contributed by atoms with Crippen LogP contribution in [0.15, 0.2) is 0 Å². The van der Waals surface area contributed by atoms with Gasteiger partial charge >= 0.3 is 18.3 Å². The highest BCUT2D eigenvalue weighted by Gasteiger charge is 2.53. The molecule has 1 aliphatic rings. The van der Waals surface area contributed by atoms with E-state index in [4.69, 9.17) is 5.73 Å². The Hall–Kier alpha value is -2.28. The Kier molecular flexibility index (Phi) is 6.07. The molecule has 0 aliphatic carbocycles. The highest BCUT2D eigenvalue weighted by atomic mass is 32.2. The second-order valence-corrected chi connectivity index (χ2v) is 8.62. The minimum Gasteiger partial charge on any atom is -0.418 e. The number of nitrogens with zero attached hydrogens (tertiary/aromatic N) is 1. The fourth-order valence-corrected chi connectivity index (χ4v) is 3.24. The zero-order chi connectivity index (χ0) is 19.6. The number of carbonyl (C=O) groups excluding carboxylic acids is 3. The molecular formula is C12H21N3O9S. The number of primary amides is 1. The third-order valence-electron chi connectivity index (χ3n) is 3.05. The third kappa shape index (κ3) is 5.94. The molecule has 0 aromatic carbocycles. The number of sulfone groups is 1. The number of nitrogens with two attached hydrogens (primary N) is 1. The first-order valence-electron chi connectivity index (χ1n) is 7.04. The molecule has 12 nitrogen and oxygen atoms in total. The lowest BCUT2D eigenvalue weighted by Gasteiger charge is -2.46. The van der Waals surface area contributed by atoms with E-state index in [0.29, 0.717) is 4.90 Å². The van der Waals surface area contributed by atoms with Gasteiger partial charge in [0.2, 0.25) is 6.29 Å². The SMILES string of the molecule is CC(C)(C)NC(=O)OOC(=O)N1[C@H]([C@@H](O)OC(N)=O)C[C@@H]1S(C)(=O)=O. The summed E-state index contributed by atoms with van der Waals surface area (Å²) < 4.78 is 27.6. The molecule has 0 aromatic heterocycles. The van der Waals surface area contributed by atoms with Crippen LogP contribution in [0.5, 0.6) is 0 Å². The number of aliphatic hydroxyl groups is 1. The van der Waals surface area contributed by atoms with Crippen molar-refractivity contribution in [3.05, 3.63) is 0 Å². The van der Waals surface area contributed by atoms with E-state index in [0.717, 1.165) is 6.26 Å². The van der Waals surface area contributed by atoms with Crippen LogP contribution >= 0.6 is 0 Å². The van der Waals surface area contributed by atoms with Gasteiger partial charge in [0.05, 0.1) is 0 Å². The number of carbonyl (C=O) groups is 3. The van der Waals surface area contributed by atoms with Crippen molar-refractivity contribution < 1.29 is 42.4 Å². The molecule has 1 saturated heterocycles. The second kappa shape index (κ2) is 7.31. The summed E-state index contributed by atoms with van der Waals surface area (Å²) in [6.45, 7) is 4.95. The van der Waals surface area contributed by atoms with Crippen LogP contribution in [0.3, 0.4) is 0 Å². The summed E-state index contributed by atoms with van der Waals surface area (Å²) in [5.74, 6) is 0. The summed E-state index contributed by atoms with van der Waals surface area (Å²) in [4.78, 5) is 43.2. The predicted octanol–water partition coefficient (Wildman–Crippen LogP) is -0.579. The number of hydrogen-bond acceptors (Lipinski definition) is 9. The molecule has 1 heterocycles. The van der Waals surface area contributed by atoms with E-state index in [1.807, 2.05) is 0 Å². The van der Waals surface area contributed by atoms with Crippen LogP contribution in [-0.2, 0) is 24.3 Å². The molecule has 0 spiro atoms. The first-order chi connectivity index (χ1) is 11.2. The molecule has 0 aromatic rings. The average Bonchev–Trinajstić information content (AvgIpc) is 2.30. The molecule has 0 radical (unpaired) electrons. The van der Waals surface area contributed by atoms with E-state index in [-0.39, 0.29) is 6.42 Å². The number of rotatable bonds is 3. The van der Waals surface area contributed by atoms with Gasteiger partial charge in [-0.3, -0.25) is 4.90 Å². The van der Waals surface area contributed by atoms with Crippen LogP contribution in [0.25, 0.3) is 0 Å². The van der Waals surface area contributed by atoms with Crippen molar-refractivity contribution in [3.8, 4) is 0 Å². The van der Waals surface area contributed by atoms with Gasteiger partial charge in [-0.2, -0.15) is 0 Å².